The molecule has 4 amide bonds. The Kier molecular flexibility index (Phi) is 3.47. The third-order valence-electron chi connectivity index (χ3n) is 2.39. The van der Waals surface area contributed by atoms with Crippen molar-refractivity contribution in [1.82, 2.24) is 9.80 Å². The molecule has 0 aliphatic carbocycles. The zero-order valence-electron chi connectivity index (χ0n) is 9.21. The van der Waals surface area contributed by atoms with Gasteiger partial charge in [0.25, 0.3) is 0 Å². The molecular formula is C11H9ClN2O4. The maximum absolute atomic E-state index is 11.7. The van der Waals surface area contributed by atoms with E-state index in [1.165, 1.54) is 0 Å². The number of hydrogen-bond acceptors (Lipinski definition) is 4. The van der Waals surface area contributed by atoms with E-state index in [1.54, 1.807) is 30.3 Å². The first-order chi connectivity index (χ1) is 8.59. The van der Waals surface area contributed by atoms with E-state index in [0.717, 1.165) is 9.80 Å². The zero-order chi connectivity index (χ0) is 13.1. The van der Waals surface area contributed by atoms with Crippen LogP contribution in [-0.2, 0) is 0 Å². The van der Waals surface area contributed by atoms with Gasteiger partial charge in [0.1, 0.15) is 5.75 Å². The summed E-state index contributed by atoms with van der Waals surface area (Å²) in [5.41, 5.74) is 0. The van der Waals surface area contributed by atoms with E-state index in [0.29, 0.717) is 5.75 Å². The van der Waals surface area contributed by atoms with Crippen molar-refractivity contribution in [3.05, 3.63) is 30.3 Å². The van der Waals surface area contributed by atoms with Crippen LogP contribution in [0.2, 0.25) is 0 Å². The molecule has 2 rings (SSSR count). The van der Waals surface area contributed by atoms with Crippen molar-refractivity contribution >= 4 is 29.1 Å². The highest BCUT2D eigenvalue weighted by Gasteiger charge is 2.37. The largest absolute Gasteiger partial charge is 0.423 e. The van der Waals surface area contributed by atoms with Crippen LogP contribution in [0.5, 0.6) is 5.75 Å². The molecule has 0 bridgehead atoms. The lowest BCUT2D eigenvalue weighted by Crippen LogP contribution is -2.38. The molecule has 0 spiro atoms. The number of amides is 4. The van der Waals surface area contributed by atoms with Gasteiger partial charge in [-0.2, -0.15) is 0 Å². The fourth-order valence-electron chi connectivity index (χ4n) is 1.51. The van der Waals surface area contributed by atoms with Crippen molar-refractivity contribution < 1.29 is 19.1 Å². The third-order valence-corrected chi connectivity index (χ3v) is 2.59. The number of imide groups is 2. The summed E-state index contributed by atoms with van der Waals surface area (Å²) in [4.78, 5) is 35.8. The van der Waals surface area contributed by atoms with E-state index in [9.17, 15) is 14.4 Å². The quantitative estimate of drug-likeness (QED) is 0.579. The van der Waals surface area contributed by atoms with Crippen molar-refractivity contribution in [3.63, 3.8) is 0 Å². The number of para-hydroxylation sites is 1. The molecule has 6 nitrogen and oxygen atoms in total. The van der Waals surface area contributed by atoms with Gasteiger partial charge in [-0.05, 0) is 23.7 Å². The number of carbonyl (C=O) groups excluding carboxylic acids is 3. The molecule has 1 saturated heterocycles. The van der Waals surface area contributed by atoms with Gasteiger partial charge in [-0.25, -0.2) is 19.4 Å². The Morgan fingerprint density at radius 1 is 1.11 bits per heavy atom. The van der Waals surface area contributed by atoms with E-state index in [4.69, 9.17) is 16.3 Å². The molecule has 0 saturated carbocycles. The zero-order valence-corrected chi connectivity index (χ0v) is 9.96. The number of ether oxygens (including phenoxy) is 1. The van der Waals surface area contributed by atoms with Gasteiger partial charge in [0.2, 0.25) is 0 Å². The molecule has 1 aromatic carbocycles. The van der Waals surface area contributed by atoms with E-state index >= 15 is 0 Å². The van der Waals surface area contributed by atoms with Crippen molar-refractivity contribution in [2.24, 2.45) is 0 Å². The lowest BCUT2D eigenvalue weighted by molar-refractivity contribution is 0.159. The number of urea groups is 1. The molecule has 0 atom stereocenters. The Morgan fingerprint density at radius 3 is 2.28 bits per heavy atom. The SMILES string of the molecule is O=C(Cl)N1CCN(C(=O)Oc2ccccc2)C1=O. The van der Waals surface area contributed by atoms with Gasteiger partial charge in [-0.15, -0.1) is 0 Å². The normalized spacial score (nSPS) is 14.8. The third kappa shape index (κ3) is 2.43. The fourth-order valence-corrected chi connectivity index (χ4v) is 1.67. The Labute approximate surface area is 108 Å². The van der Waals surface area contributed by atoms with Gasteiger partial charge < -0.3 is 4.74 Å². The average Bonchev–Trinajstić information content (AvgIpc) is 2.72. The highest BCUT2D eigenvalue weighted by atomic mass is 35.5. The topological polar surface area (TPSA) is 66.9 Å². The minimum absolute atomic E-state index is 0.0724. The molecule has 0 aromatic heterocycles. The van der Waals surface area contributed by atoms with Gasteiger partial charge in [0.15, 0.2) is 0 Å². The van der Waals surface area contributed by atoms with E-state index in [2.05, 4.69) is 0 Å². The maximum atomic E-state index is 11.7. The molecule has 1 fully saturated rings. The molecule has 94 valence electrons. The predicted molar refractivity (Wildman–Crippen MR) is 62.5 cm³/mol. The summed E-state index contributed by atoms with van der Waals surface area (Å²) in [6.45, 7) is 0.147. The van der Waals surface area contributed by atoms with Crippen LogP contribution in [0, 0.1) is 0 Å². The number of nitrogens with zero attached hydrogens (tertiary/aromatic N) is 2. The second-order valence-electron chi connectivity index (χ2n) is 3.52. The maximum Gasteiger partial charge on any atom is 0.423 e. The number of benzene rings is 1. The first-order valence-corrected chi connectivity index (χ1v) is 5.53. The molecule has 0 radical (unpaired) electrons. The van der Waals surface area contributed by atoms with Gasteiger partial charge >= 0.3 is 17.5 Å². The molecule has 1 aromatic rings. The second-order valence-corrected chi connectivity index (χ2v) is 3.84. The molecule has 18 heavy (non-hydrogen) atoms. The monoisotopic (exact) mass is 268 g/mol. The van der Waals surface area contributed by atoms with Crippen molar-refractivity contribution in [3.8, 4) is 5.75 Å². The summed E-state index contributed by atoms with van der Waals surface area (Å²) in [6, 6.07) is 7.57. The smallest absolute Gasteiger partial charge is 0.410 e. The first kappa shape index (κ1) is 12.4. The van der Waals surface area contributed by atoms with Crippen LogP contribution in [-0.4, -0.2) is 40.4 Å². The minimum atomic E-state index is -0.907. The van der Waals surface area contributed by atoms with Gasteiger partial charge in [0.05, 0.1) is 13.1 Å². The van der Waals surface area contributed by atoms with Crippen LogP contribution in [0.25, 0.3) is 0 Å². The summed E-state index contributed by atoms with van der Waals surface area (Å²) in [5, 5.41) is -0.907. The molecule has 7 heteroatoms. The Hall–Kier alpha value is -2.08. The number of hydrogen-bond donors (Lipinski definition) is 0. The van der Waals surface area contributed by atoms with Crippen molar-refractivity contribution in [1.29, 1.82) is 0 Å². The summed E-state index contributed by atoms with van der Waals surface area (Å²) in [6.07, 6.45) is -0.827. The lowest BCUT2D eigenvalue weighted by Gasteiger charge is -2.13. The summed E-state index contributed by atoms with van der Waals surface area (Å²) >= 11 is 5.20. The predicted octanol–water partition coefficient (Wildman–Crippen LogP) is 2.28. The Balaban J connectivity index is 2.03. The second kappa shape index (κ2) is 5.05. The summed E-state index contributed by atoms with van der Waals surface area (Å²) in [7, 11) is 0. The van der Waals surface area contributed by atoms with Crippen molar-refractivity contribution in [2.75, 3.05) is 13.1 Å². The van der Waals surface area contributed by atoms with Crippen LogP contribution < -0.4 is 4.74 Å². The minimum Gasteiger partial charge on any atom is -0.410 e. The lowest BCUT2D eigenvalue weighted by atomic mass is 10.3. The van der Waals surface area contributed by atoms with Crippen LogP contribution >= 0.6 is 11.6 Å². The molecular weight excluding hydrogens is 260 g/mol. The summed E-state index contributed by atoms with van der Waals surface area (Å²) < 4.78 is 4.98. The van der Waals surface area contributed by atoms with E-state index in [-0.39, 0.29) is 13.1 Å². The van der Waals surface area contributed by atoms with Crippen LogP contribution in [0.1, 0.15) is 0 Å². The highest BCUT2D eigenvalue weighted by molar-refractivity contribution is 6.64. The van der Waals surface area contributed by atoms with Crippen LogP contribution in [0.3, 0.4) is 0 Å². The molecule has 0 unspecified atom stereocenters. The van der Waals surface area contributed by atoms with E-state index < -0.39 is 17.5 Å². The van der Waals surface area contributed by atoms with Gasteiger partial charge in [-0.1, -0.05) is 18.2 Å². The number of rotatable bonds is 1. The van der Waals surface area contributed by atoms with Crippen molar-refractivity contribution in [2.45, 2.75) is 0 Å². The van der Waals surface area contributed by atoms with Crippen LogP contribution in [0.4, 0.5) is 14.4 Å². The number of carbonyl (C=O) groups is 3. The standard InChI is InChI=1S/C11H9ClN2O4/c12-9(15)13-6-7-14(10(13)16)11(17)18-8-4-2-1-3-5-8/h1-5H,6-7H2. The number of halogens is 1. The van der Waals surface area contributed by atoms with E-state index in [1.807, 2.05) is 0 Å². The fraction of sp³-hybridized carbons (Fsp3) is 0.182. The Morgan fingerprint density at radius 2 is 1.72 bits per heavy atom. The van der Waals surface area contributed by atoms with Crippen LogP contribution in [0.15, 0.2) is 30.3 Å². The molecule has 1 aliphatic heterocycles. The molecule has 0 N–H and O–H groups in total. The van der Waals surface area contributed by atoms with Gasteiger partial charge in [0, 0.05) is 0 Å². The molecule has 1 aliphatic rings. The Bertz CT molecular complexity index is 491. The highest BCUT2D eigenvalue weighted by Crippen LogP contribution is 2.15. The first-order valence-electron chi connectivity index (χ1n) is 5.15. The molecule has 1 heterocycles. The van der Waals surface area contributed by atoms with Gasteiger partial charge in [-0.3, -0.25) is 4.79 Å². The summed E-state index contributed by atoms with van der Waals surface area (Å²) in [5.74, 6) is 0.325. The average molecular weight is 269 g/mol.